The van der Waals surface area contributed by atoms with Crippen LogP contribution in [0.15, 0.2) is 72.8 Å². The maximum Gasteiger partial charge on any atom is 0.254 e. The maximum atomic E-state index is 14.2. The molecule has 1 aromatic heterocycles. The van der Waals surface area contributed by atoms with Gasteiger partial charge in [-0.1, -0.05) is 60.1 Å². The topological polar surface area (TPSA) is 56.4 Å². The zero-order chi connectivity index (χ0) is 25.0. The fourth-order valence-corrected chi connectivity index (χ4v) is 5.93. The number of aromatic amines is 1. The standard InChI is InChI=1S/C29H25ClFN3O2/c1-29-27-26(21-7-3-5-9-24(21)32-27)22(18-10-12-20(30)13-11-18)16-34(29)25(35)17-33(28(29)36)15-14-19-6-2-4-8-23(19)31/h2-13,22,32H,14-17H2,1H3/t22-,29+/m1/s1. The number of aromatic nitrogens is 1. The van der Waals surface area contributed by atoms with Crippen LogP contribution in [0.25, 0.3) is 10.9 Å². The number of piperazine rings is 1. The highest BCUT2D eigenvalue weighted by atomic mass is 35.5. The number of carbonyl (C=O) groups is 2. The number of fused-ring (bicyclic) bond motifs is 5. The molecule has 3 heterocycles. The first-order chi connectivity index (χ1) is 17.4. The van der Waals surface area contributed by atoms with Gasteiger partial charge in [0.1, 0.15) is 5.82 Å². The molecule has 6 rings (SSSR count). The van der Waals surface area contributed by atoms with Gasteiger partial charge < -0.3 is 14.8 Å². The second-order valence-corrected chi connectivity index (χ2v) is 10.1. The third kappa shape index (κ3) is 3.43. The highest BCUT2D eigenvalue weighted by molar-refractivity contribution is 6.30. The lowest BCUT2D eigenvalue weighted by molar-refractivity contribution is -0.166. The normalized spacial score (nSPS) is 21.6. The van der Waals surface area contributed by atoms with Crippen molar-refractivity contribution in [1.29, 1.82) is 0 Å². The summed E-state index contributed by atoms with van der Waals surface area (Å²) in [7, 11) is 0. The average Bonchev–Trinajstić information content (AvgIpc) is 3.28. The van der Waals surface area contributed by atoms with E-state index in [4.69, 9.17) is 11.6 Å². The number of para-hydroxylation sites is 1. The molecule has 1 N–H and O–H groups in total. The number of H-pyrrole nitrogens is 1. The van der Waals surface area contributed by atoms with E-state index in [1.165, 1.54) is 6.07 Å². The molecule has 3 aromatic carbocycles. The molecule has 182 valence electrons. The summed E-state index contributed by atoms with van der Waals surface area (Å²) < 4.78 is 14.2. The lowest BCUT2D eigenvalue weighted by atomic mass is 9.76. The summed E-state index contributed by atoms with van der Waals surface area (Å²) in [6, 6.07) is 22.2. The molecule has 1 saturated heterocycles. The van der Waals surface area contributed by atoms with Gasteiger partial charge in [0.05, 0.1) is 12.2 Å². The van der Waals surface area contributed by atoms with Crippen molar-refractivity contribution in [2.45, 2.75) is 24.8 Å². The summed E-state index contributed by atoms with van der Waals surface area (Å²) in [5.74, 6) is -0.680. The van der Waals surface area contributed by atoms with Crippen LogP contribution in [0.4, 0.5) is 4.39 Å². The minimum absolute atomic E-state index is 0.0220. The van der Waals surface area contributed by atoms with Crippen LogP contribution in [-0.2, 0) is 21.5 Å². The van der Waals surface area contributed by atoms with Crippen LogP contribution in [0.5, 0.6) is 0 Å². The molecule has 5 nitrogen and oxygen atoms in total. The van der Waals surface area contributed by atoms with Gasteiger partial charge in [-0.25, -0.2) is 4.39 Å². The van der Waals surface area contributed by atoms with E-state index in [0.717, 1.165) is 27.7 Å². The van der Waals surface area contributed by atoms with Gasteiger partial charge in [0.25, 0.3) is 5.91 Å². The molecule has 0 unspecified atom stereocenters. The van der Waals surface area contributed by atoms with E-state index in [1.54, 1.807) is 28.0 Å². The number of hydrogen-bond donors (Lipinski definition) is 1. The van der Waals surface area contributed by atoms with E-state index in [2.05, 4.69) is 11.1 Å². The Labute approximate surface area is 213 Å². The molecular formula is C29H25ClFN3O2. The Morgan fingerprint density at radius 2 is 1.75 bits per heavy atom. The first-order valence-electron chi connectivity index (χ1n) is 12.1. The van der Waals surface area contributed by atoms with Crippen molar-refractivity contribution in [2.24, 2.45) is 0 Å². The third-order valence-electron chi connectivity index (χ3n) is 7.70. The van der Waals surface area contributed by atoms with E-state index in [9.17, 15) is 14.0 Å². The van der Waals surface area contributed by atoms with Crippen LogP contribution >= 0.6 is 11.6 Å². The number of halogens is 2. The van der Waals surface area contributed by atoms with Gasteiger partial charge in [-0.05, 0) is 54.3 Å². The van der Waals surface area contributed by atoms with Crippen LogP contribution in [0, 0.1) is 5.82 Å². The van der Waals surface area contributed by atoms with Gasteiger partial charge in [-0.2, -0.15) is 0 Å². The number of nitrogens with one attached hydrogen (secondary N) is 1. The lowest BCUT2D eigenvalue weighted by Gasteiger charge is -2.51. The van der Waals surface area contributed by atoms with Gasteiger partial charge in [0.15, 0.2) is 5.54 Å². The van der Waals surface area contributed by atoms with Crippen molar-refractivity contribution in [1.82, 2.24) is 14.8 Å². The quantitative estimate of drug-likeness (QED) is 0.416. The van der Waals surface area contributed by atoms with Crippen LogP contribution in [0.2, 0.25) is 5.02 Å². The summed E-state index contributed by atoms with van der Waals surface area (Å²) >= 11 is 6.16. The lowest BCUT2D eigenvalue weighted by Crippen LogP contribution is -2.67. The Balaban J connectivity index is 1.44. The molecule has 2 aliphatic heterocycles. The van der Waals surface area contributed by atoms with Crippen molar-refractivity contribution < 1.29 is 14.0 Å². The molecule has 0 saturated carbocycles. The second-order valence-electron chi connectivity index (χ2n) is 9.71. The molecule has 7 heteroatoms. The van der Waals surface area contributed by atoms with Gasteiger partial charge in [-0.15, -0.1) is 0 Å². The zero-order valence-corrected chi connectivity index (χ0v) is 20.6. The fraction of sp³-hybridized carbons (Fsp3) is 0.241. The highest BCUT2D eigenvalue weighted by Gasteiger charge is 2.56. The number of amides is 2. The molecule has 0 spiro atoms. The maximum absolute atomic E-state index is 14.2. The van der Waals surface area contributed by atoms with Crippen LogP contribution < -0.4 is 0 Å². The Hall–Kier alpha value is -3.64. The molecule has 36 heavy (non-hydrogen) atoms. The number of carbonyl (C=O) groups excluding carboxylic acids is 2. The molecule has 0 bridgehead atoms. The average molecular weight is 502 g/mol. The highest BCUT2D eigenvalue weighted by Crippen LogP contribution is 2.48. The molecule has 2 amide bonds. The molecular weight excluding hydrogens is 477 g/mol. The SMILES string of the molecule is C[C@]12C(=O)N(CCc3ccccc3F)CC(=O)N1C[C@H](c1ccc(Cl)cc1)c1c2[nH]c2ccccc12. The Bertz CT molecular complexity index is 1500. The minimum Gasteiger partial charge on any atom is -0.356 e. The van der Waals surface area contributed by atoms with E-state index < -0.39 is 5.54 Å². The summed E-state index contributed by atoms with van der Waals surface area (Å²) in [5, 5.41) is 1.69. The van der Waals surface area contributed by atoms with Crippen LogP contribution in [0.3, 0.4) is 0 Å². The monoisotopic (exact) mass is 501 g/mol. The largest absolute Gasteiger partial charge is 0.356 e. The molecule has 0 radical (unpaired) electrons. The van der Waals surface area contributed by atoms with Crippen molar-refractivity contribution >= 4 is 34.3 Å². The molecule has 2 atom stereocenters. The van der Waals surface area contributed by atoms with Gasteiger partial charge in [-0.3, -0.25) is 9.59 Å². The Morgan fingerprint density at radius 3 is 2.53 bits per heavy atom. The van der Waals surface area contributed by atoms with Crippen molar-refractivity contribution in [2.75, 3.05) is 19.6 Å². The number of hydrogen-bond acceptors (Lipinski definition) is 2. The van der Waals surface area contributed by atoms with Crippen LogP contribution in [0.1, 0.15) is 35.2 Å². The smallest absolute Gasteiger partial charge is 0.254 e. The molecule has 2 aliphatic rings. The van der Waals surface area contributed by atoms with Crippen molar-refractivity contribution in [3.8, 4) is 0 Å². The molecule has 1 fully saturated rings. The summed E-state index contributed by atoms with van der Waals surface area (Å²) in [6.45, 7) is 2.46. The minimum atomic E-state index is -1.18. The van der Waals surface area contributed by atoms with E-state index in [1.807, 2.05) is 49.4 Å². The van der Waals surface area contributed by atoms with Crippen molar-refractivity contribution in [3.63, 3.8) is 0 Å². The Kier molecular flexibility index (Phi) is 5.38. The third-order valence-corrected chi connectivity index (χ3v) is 7.95. The number of nitrogens with zero attached hydrogens (tertiary/aromatic N) is 2. The van der Waals surface area contributed by atoms with Crippen molar-refractivity contribution in [3.05, 3.63) is 106 Å². The van der Waals surface area contributed by atoms with Gasteiger partial charge >= 0.3 is 0 Å². The first-order valence-corrected chi connectivity index (χ1v) is 12.5. The molecule has 0 aliphatic carbocycles. The number of benzene rings is 3. The van der Waals surface area contributed by atoms with E-state index >= 15 is 0 Å². The predicted octanol–water partition coefficient (Wildman–Crippen LogP) is 5.23. The Morgan fingerprint density at radius 1 is 1.03 bits per heavy atom. The number of rotatable bonds is 4. The molecule has 4 aromatic rings. The van der Waals surface area contributed by atoms with E-state index in [-0.39, 0.29) is 36.6 Å². The van der Waals surface area contributed by atoms with Gasteiger partial charge in [0.2, 0.25) is 5.91 Å². The summed E-state index contributed by atoms with van der Waals surface area (Å²) in [5.41, 5.74) is 3.08. The summed E-state index contributed by atoms with van der Waals surface area (Å²) in [4.78, 5) is 34.4. The zero-order valence-electron chi connectivity index (χ0n) is 19.8. The van der Waals surface area contributed by atoms with Gasteiger partial charge in [0, 0.05) is 34.9 Å². The first kappa shape index (κ1) is 22.8. The van der Waals surface area contributed by atoms with E-state index in [0.29, 0.717) is 23.6 Å². The second kappa shape index (κ2) is 8.49. The predicted molar refractivity (Wildman–Crippen MR) is 137 cm³/mol. The van der Waals surface area contributed by atoms with Crippen LogP contribution in [-0.4, -0.2) is 46.2 Å². The summed E-state index contributed by atoms with van der Waals surface area (Å²) in [6.07, 6.45) is 0.342. The fourth-order valence-electron chi connectivity index (χ4n) is 5.81.